The maximum atomic E-state index is 6.16. The highest BCUT2D eigenvalue weighted by molar-refractivity contribution is 14.0. The van der Waals surface area contributed by atoms with Crippen molar-refractivity contribution in [3.05, 3.63) is 30.1 Å². The Morgan fingerprint density at radius 1 is 1.19 bits per heavy atom. The Hall–Kier alpha value is -0.930. The van der Waals surface area contributed by atoms with Crippen LogP contribution in [0.25, 0.3) is 0 Å². The van der Waals surface area contributed by atoms with Gasteiger partial charge in [-0.05, 0) is 71.0 Å². The molecule has 0 saturated carbocycles. The highest BCUT2D eigenvalue weighted by Gasteiger charge is 2.39. The molecule has 2 fully saturated rings. The van der Waals surface area contributed by atoms with Gasteiger partial charge in [-0.3, -0.25) is 14.9 Å². The minimum atomic E-state index is 0. The highest BCUT2D eigenvalue weighted by atomic mass is 127. The zero-order valence-corrected chi connectivity index (χ0v) is 18.9. The molecule has 0 amide bonds. The fraction of sp³-hybridized carbons (Fsp3) is 0.700. The fourth-order valence-electron chi connectivity index (χ4n) is 4.13. The van der Waals surface area contributed by atoms with E-state index in [1.807, 2.05) is 24.4 Å². The van der Waals surface area contributed by atoms with Crippen molar-refractivity contribution < 1.29 is 0 Å². The second-order valence-corrected chi connectivity index (χ2v) is 7.77. The molecule has 2 saturated heterocycles. The molecule has 27 heavy (non-hydrogen) atoms. The predicted octanol–water partition coefficient (Wildman–Crippen LogP) is 2.10. The first kappa shape index (κ1) is 22.4. The van der Waals surface area contributed by atoms with E-state index < -0.39 is 0 Å². The number of pyridine rings is 1. The number of piperidine rings is 2. The third kappa shape index (κ3) is 6.57. The lowest BCUT2D eigenvalue weighted by Gasteiger charge is -2.49. The first-order valence-electron chi connectivity index (χ1n) is 10.1. The van der Waals surface area contributed by atoms with Gasteiger partial charge in [-0.15, -0.1) is 24.0 Å². The molecular formula is C20H35IN6. The number of aliphatic imine (C=N–C) groups is 1. The van der Waals surface area contributed by atoms with Crippen LogP contribution in [0.4, 0.5) is 0 Å². The van der Waals surface area contributed by atoms with E-state index in [0.29, 0.717) is 5.96 Å². The van der Waals surface area contributed by atoms with E-state index in [1.165, 1.54) is 45.2 Å². The Morgan fingerprint density at radius 2 is 1.93 bits per heavy atom. The Labute approximate surface area is 181 Å². The van der Waals surface area contributed by atoms with E-state index in [-0.39, 0.29) is 29.5 Å². The lowest BCUT2D eigenvalue weighted by molar-refractivity contribution is 0.0208. The van der Waals surface area contributed by atoms with Crippen molar-refractivity contribution in [3.8, 4) is 0 Å². The van der Waals surface area contributed by atoms with Gasteiger partial charge in [0.05, 0.1) is 6.54 Å². The van der Waals surface area contributed by atoms with Crippen LogP contribution in [-0.4, -0.2) is 72.6 Å². The summed E-state index contributed by atoms with van der Waals surface area (Å²) in [4.78, 5) is 14.2. The molecule has 0 spiro atoms. The number of halogens is 1. The molecule has 3 N–H and O–H groups in total. The number of likely N-dealkylation sites (tertiary alicyclic amines) is 2. The number of guanidine groups is 1. The molecule has 0 bridgehead atoms. The minimum Gasteiger partial charge on any atom is -0.370 e. The Kier molecular flexibility index (Phi) is 9.25. The summed E-state index contributed by atoms with van der Waals surface area (Å²) < 4.78 is 0. The van der Waals surface area contributed by atoms with E-state index in [0.717, 1.165) is 38.3 Å². The fourth-order valence-corrected chi connectivity index (χ4v) is 4.13. The third-order valence-corrected chi connectivity index (χ3v) is 5.90. The third-order valence-electron chi connectivity index (χ3n) is 5.90. The number of nitrogens with zero attached hydrogens (tertiary/aromatic N) is 4. The van der Waals surface area contributed by atoms with Gasteiger partial charge in [-0.1, -0.05) is 12.5 Å². The topological polar surface area (TPSA) is 69.8 Å². The summed E-state index contributed by atoms with van der Waals surface area (Å²) in [6.07, 6.45) is 9.07. The van der Waals surface area contributed by atoms with Crippen molar-refractivity contribution in [2.24, 2.45) is 10.7 Å². The normalized spacial score (nSPS) is 21.4. The molecule has 7 heteroatoms. The number of hydrogen-bond acceptors (Lipinski definition) is 4. The van der Waals surface area contributed by atoms with Crippen LogP contribution in [0.1, 0.15) is 37.8 Å². The predicted molar refractivity (Wildman–Crippen MR) is 123 cm³/mol. The zero-order valence-electron chi connectivity index (χ0n) is 16.6. The van der Waals surface area contributed by atoms with E-state index in [2.05, 4.69) is 27.1 Å². The number of nitrogens with two attached hydrogens (primary N) is 1. The summed E-state index contributed by atoms with van der Waals surface area (Å²) in [6.45, 7) is 6.31. The van der Waals surface area contributed by atoms with E-state index in [1.54, 1.807) is 0 Å². The summed E-state index contributed by atoms with van der Waals surface area (Å²) in [5.74, 6) is 0.566. The summed E-state index contributed by atoms with van der Waals surface area (Å²) in [7, 11) is 2.22. The molecule has 0 atom stereocenters. The van der Waals surface area contributed by atoms with Crippen molar-refractivity contribution in [1.29, 1.82) is 0 Å². The van der Waals surface area contributed by atoms with Crippen molar-refractivity contribution in [1.82, 2.24) is 20.1 Å². The van der Waals surface area contributed by atoms with Crippen LogP contribution in [-0.2, 0) is 6.42 Å². The summed E-state index contributed by atoms with van der Waals surface area (Å²) in [5, 5.41) is 3.26. The van der Waals surface area contributed by atoms with Gasteiger partial charge in [0.15, 0.2) is 5.96 Å². The smallest absolute Gasteiger partial charge is 0.188 e. The van der Waals surface area contributed by atoms with E-state index >= 15 is 0 Å². The van der Waals surface area contributed by atoms with Crippen LogP contribution in [0.15, 0.2) is 29.4 Å². The Bertz CT molecular complexity index is 565. The molecule has 6 nitrogen and oxygen atoms in total. The summed E-state index contributed by atoms with van der Waals surface area (Å²) >= 11 is 0. The SMILES string of the molecule is CN1CCC(CN=C(N)NCCc2ccccn2)(N2CCCCC2)CC1.I. The maximum Gasteiger partial charge on any atom is 0.188 e. The monoisotopic (exact) mass is 486 g/mol. The van der Waals surface area contributed by atoms with Gasteiger partial charge in [0.1, 0.15) is 0 Å². The van der Waals surface area contributed by atoms with Gasteiger partial charge < -0.3 is 16.0 Å². The molecule has 2 aliphatic rings. The van der Waals surface area contributed by atoms with Gasteiger partial charge in [0, 0.05) is 30.4 Å². The van der Waals surface area contributed by atoms with Gasteiger partial charge in [-0.25, -0.2) is 0 Å². The van der Waals surface area contributed by atoms with Crippen LogP contribution in [0.3, 0.4) is 0 Å². The number of aromatic nitrogens is 1. The largest absolute Gasteiger partial charge is 0.370 e. The first-order chi connectivity index (χ1) is 12.7. The molecule has 1 aromatic rings. The molecule has 0 radical (unpaired) electrons. The van der Waals surface area contributed by atoms with Gasteiger partial charge in [0.2, 0.25) is 0 Å². The van der Waals surface area contributed by atoms with Crippen LogP contribution in [0.2, 0.25) is 0 Å². The first-order valence-corrected chi connectivity index (χ1v) is 10.1. The lowest BCUT2D eigenvalue weighted by Crippen LogP contribution is -2.58. The minimum absolute atomic E-state index is 0. The summed E-state index contributed by atoms with van der Waals surface area (Å²) in [6, 6.07) is 6.00. The van der Waals surface area contributed by atoms with Gasteiger partial charge in [0.25, 0.3) is 0 Å². The second-order valence-electron chi connectivity index (χ2n) is 7.77. The van der Waals surface area contributed by atoms with Crippen LogP contribution in [0, 0.1) is 0 Å². The second kappa shape index (κ2) is 11.2. The molecule has 2 aliphatic heterocycles. The summed E-state index contributed by atoms with van der Waals surface area (Å²) in [5.41, 5.74) is 7.43. The molecule has 3 rings (SSSR count). The quantitative estimate of drug-likeness (QED) is 0.366. The highest BCUT2D eigenvalue weighted by Crippen LogP contribution is 2.31. The van der Waals surface area contributed by atoms with Gasteiger partial charge in [-0.2, -0.15) is 0 Å². The molecule has 0 aromatic carbocycles. The van der Waals surface area contributed by atoms with E-state index in [4.69, 9.17) is 10.7 Å². The van der Waals surface area contributed by atoms with Gasteiger partial charge >= 0.3 is 0 Å². The molecule has 0 aliphatic carbocycles. The molecule has 0 unspecified atom stereocenters. The molecule has 1 aromatic heterocycles. The number of nitrogens with one attached hydrogen (secondary N) is 1. The number of rotatable bonds is 6. The van der Waals surface area contributed by atoms with Crippen molar-refractivity contribution >= 4 is 29.9 Å². The molecule has 152 valence electrons. The average molecular weight is 486 g/mol. The standard InChI is InChI=1S/C20H34N6.HI/c1-25-15-9-20(10-16-25,26-13-5-2-6-14-26)17-24-19(21)23-12-8-18-7-3-4-11-22-18;/h3-4,7,11H,2,5-6,8-10,12-17H2,1H3,(H3,21,23,24);1H. The van der Waals surface area contributed by atoms with Crippen molar-refractivity contribution in [3.63, 3.8) is 0 Å². The Morgan fingerprint density at radius 3 is 2.59 bits per heavy atom. The van der Waals surface area contributed by atoms with Crippen molar-refractivity contribution in [2.75, 3.05) is 46.3 Å². The molecular weight excluding hydrogens is 451 g/mol. The Balaban J connectivity index is 0.00000261. The van der Waals surface area contributed by atoms with Crippen LogP contribution < -0.4 is 11.1 Å². The average Bonchev–Trinajstić information content (AvgIpc) is 2.69. The van der Waals surface area contributed by atoms with Crippen LogP contribution in [0.5, 0.6) is 0 Å². The zero-order chi connectivity index (χ0) is 18.2. The number of hydrogen-bond donors (Lipinski definition) is 2. The van der Waals surface area contributed by atoms with E-state index in [9.17, 15) is 0 Å². The van der Waals surface area contributed by atoms with Crippen molar-refractivity contribution in [2.45, 2.75) is 44.1 Å². The maximum absolute atomic E-state index is 6.16. The lowest BCUT2D eigenvalue weighted by atomic mass is 9.84. The molecule has 3 heterocycles. The van der Waals surface area contributed by atoms with Crippen LogP contribution >= 0.6 is 24.0 Å².